The highest BCUT2D eigenvalue weighted by atomic mass is 35.5. The van der Waals surface area contributed by atoms with Crippen LogP contribution in [0.15, 0.2) is 18.2 Å². The van der Waals surface area contributed by atoms with Crippen LogP contribution in [0.25, 0.3) is 0 Å². The number of piperidine rings is 1. The second-order valence-corrected chi connectivity index (χ2v) is 6.73. The minimum Gasteiger partial charge on any atom is -0.465 e. The minimum atomic E-state index is -0.830. The van der Waals surface area contributed by atoms with Crippen molar-refractivity contribution in [2.75, 3.05) is 6.61 Å². The molecule has 22 heavy (non-hydrogen) atoms. The van der Waals surface area contributed by atoms with E-state index < -0.39 is 17.3 Å². The fraction of sp³-hybridized carbons (Fsp3) is 0.500. The van der Waals surface area contributed by atoms with Gasteiger partial charge in [0.25, 0.3) is 0 Å². The van der Waals surface area contributed by atoms with Gasteiger partial charge in [-0.3, -0.25) is 9.59 Å². The summed E-state index contributed by atoms with van der Waals surface area (Å²) in [6.45, 7) is 1.99. The molecule has 1 saturated carbocycles. The monoisotopic (exact) mass is 341 g/mol. The molecular weight excluding hydrogens is 325 g/mol. The Morgan fingerprint density at radius 3 is 2.86 bits per heavy atom. The number of benzene rings is 1. The quantitative estimate of drug-likeness (QED) is 0.678. The van der Waals surface area contributed by atoms with E-state index in [1.54, 1.807) is 19.1 Å². The van der Waals surface area contributed by atoms with Crippen LogP contribution in [-0.2, 0) is 19.7 Å². The van der Waals surface area contributed by atoms with Crippen molar-refractivity contribution in [2.45, 2.75) is 37.6 Å². The van der Waals surface area contributed by atoms with Crippen molar-refractivity contribution in [1.29, 1.82) is 0 Å². The fourth-order valence-corrected chi connectivity index (χ4v) is 4.09. The molecule has 1 unspecified atom stereocenters. The third kappa shape index (κ3) is 2.38. The van der Waals surface area contributed by atoms with Gasteiger partial charge in [-0.25, -0.2) is 0 Å². The zero-order valence-electron chi connectivity index (χ0n) is 12.2. The summed E-state index contributed by atoms with van der Waals surface area (Å²) in [5, 5.41) is 3.82. The lowest BCUT2D eigenvalue weighted by molar-refractivity contribution is -0.156. The highest BCUT2D eigenvalue weighted by Gasteiger charge is 2.57. The number of carbonyl (C=O) groups excluding carboxylic acids is 2. The van der Waals surface area contributed by atoms with Gasteiger partial charge in [0.05, 0.1) is 16.7 Å². The van der Waals surface area contributed by atoms with Gasteiger partial charge in [0.15, 0.2) is 0 Å². The maximum atomic E-state index is 12.4. The van der Waals surface area contributed by atoms with Gasteiger partial charge < -0.3 is 10.1 Å². The predicted molar refractivity (Wildman–Crippen MR) is 84.0 cm³/mol. The number of hydrogen-bond donors (Lipinski definition) is 1. The van der Waals surface area contributed by atoms with E-state index in [-0.39, 0.29) is 18.6 Å². The number of rotatable bonds is 3. The molecule has 3 rings (SSSR count). The van der Waals surface area contributed by atoms with Crippen LogP contribution in [0.5, 0.6) is 0 Å². The summed E-state index contributed by atoms with van der Waals surface area (Å²) in [6.07, 6.45) is 2.32. The molecule has 118 valence electrons. The third-order valence-corrected chi connectivity index (χ3v) is 5.47. The van der Waals surface area contributed by atoms with Crippen LogP contribution in [0.4, 0.5) is 0 Å². The van der Waals surface area contributed by atoms with Crippen molar-refractivity contribution in [3.63, 3.8) is 0 Å². The molecule has 1 saturated heterocycles. The number of amides is 1. The predicted octanol–water partition coefficient (Wildman–Crippen LogP) is 3.09. The molecule has 4 nitrogen and oxygen atoms in total. The number of nitrogens with one attached hydrogen (secondary N) is 1. The van der Waals surface area contributed by atoms with Crippen LogP contribution in [0, 0.1) is 5.92 Å². The van der Waals surface area contributed by atoms with E-state index in [0.717, 1.165) is 24.8 Å². The minimum absolute atomic E-state index is 0.104. The average molecular weight is 342 g/mol. The smallest absolute Gasteiger partial charge is 0.319 e. The number of esters is 1. The summed E-state index contributed by atoms with van der Waals surface area (Å²) >= 11 is 12.1. The van der Waals surface area contributed by atoms with Gasteiger partial charge in [0.2, 0.25) is 5.91 Å². The number of carbonyl (C=O) groups is 2. The van der Waals surface area contributed by atoms with Gasteiger partial charge in [-0.1, -0.05) is 29.3 Å². The van der Waals surface area contributed by atoms with Crippen LogP contribution in [0.2, 0.25) is 10.0 Å². The van der Waals surface area contributed by atoms with Gasteiger partial charge >= 0.3 is 5.97 Å². The Morgan fingerprint density at radius 2 is 2.18 bits per heavy atom. The summed E-state index contributed by atoms with van der Waals surface area (Å²) in [4.78, 5) is 24.8. The summed E-state index contributed by atoms with van der Waals surface area (Å²) in [6, 6.07) is 5.46. The molecule has 1 aromatic rings. The Balaban J connectivity index is 2.07. The van der Waals surface area contributed by atoms with Crippen molar-refractivity contribution >= 4 is 35.1 Å². The van der Waals surface area contributed by atoms with Crippen LogP contribution in [0.1, 0.15) is 31.7 Å². The van der Waals surface area contributed by atoms with E-state index in [2.05, 4.69) is 5.32 Å². The van der Waals surface area contributed by atoms with E-state index in [9.17, 15) is 9.59 Å². The lowest BCUT2D eigenvalue weighted by Crippen LogP contribution is -2.54. The first-order valence-electron chi connectivity index (χ1n) is 7.40. The molecule has 0 aromatic heterocycles. The molecule has 1 aliphatic carbocycles. The molecular formula is C16H17Cl2NO3. The van der Waals surface area contributed by atoms with E-state index >= 15 is 0 Å². The summed E-state index contributed by atoms with van der Waals surface area (Å²) in [5.41, 5.74) is 0.338. The Hall–Kier alpha value is -1.26. The molecule has 1 aliphatic heterocycles. The number of ether oxygens (including phenoxy) is 1. The SMILES string of the molecule is CCOC(=O)[C@@H]1C(=O)N[C@H]2CCC1(c1ccc(Cl)c(Cl)c1)C2. The Morgan fingerprint density at radius 1 is 1.41 bits per heavy atom. The van der Waals surface area contributed by atoms with E-state index in [4.69, 9.17) is 27.9 Å². The Bertz CT molecular complexity index is 634. The molecule has 0 spiro atoms. The Kier molecular flexibility index (Phi) is 4.08. The largest absolute Gasteiger partial charge is 0.465 e. The second-order valence-electron chi connectivity index (χ2n) is 5.92. The molecule has 2 aliphatic rings. The van der Waals surface area contributed by atoms with Gasteiger partial charge in [0, 0.05) is 11.5 Å². The van der Waals surface area contributed by atoms with E-state index in [1.165, 1.54) is 0 Å². The van der Waals surface area contributed by atoms with E-state index in [0.29, 0.717) is 10.0 Å². The summed E-state index contributed by atoms with van der Waals surface area (Å²) < 4.78 is 5.14. The van der Waals surface area contributed by atoms with Gasteiger partial charge in [-0.15, -0.1) is 0 Å². The lowest BCUT2D eigenvalue weighted by Gasteiger charge is -2.39. The lowest BCUT2D eigenvalue weighted by atomic mass is 9.67. The first-order valence-corrected chi connectivity index (χ1v) is 8.16. The van der Waals surface area contributed by atoms with Gasteiger partial charge in [-0.05, 0) is 43.9 Å². The topological polar surface area (TPSA) is 55.4 Å². The van der Waals surface area contributed by atoms with Gasteiger partial charge in [0.1, 0.15) is 5.92 Å². The Labute approximate surface area is 139 Å². The molecule has 1 N–H and O–H groups in total. The van der Waals surface area contributed by atoms with Crippen molar-refractivity contribution in [1.82, 2.24) is 5.32 Å². The van der Waals surface area contributed by atoms with Crippen LogP contribution >= 0.6 is 23.2 Å². The fourth-order valence-electron chi connectivity index (χ4n) is 3.79. The zero-order chi connectivity index (χ0) is 15.9. The van der Waals surface area contributed by atoms with Crippen LogP contribution < -0.4 is 5.32 Å². The first kappa shape index (κ1) is 15.6. The highest BCUT2D eigenvalue weighted by Crippen LogP contribution is 2.50. The maximum Gasteiger partial charge on any atom is 0.319 e. The van der Waals surface area contributed by atoms with Crippen LogP contribution in [0.3, 0.4) is 0 Å². The maximum absolute atomic E-state index is 12.4. The molecule has 0 radical (unpaired) electrons. The summed E-state index contributed by atoms with van der Waals surface area (Å²) in [7, 11) is 0. The van der Waals surface area contributed by atoms with Crippen molar-refractivity contribution in [3.05, 3.63) is 33.8 Å². The standard InChI is InChI=1S/C16H17Cl2NO3/c1-2-22-15(21)13-14(20)19-10-5-6-16(13,8-10)9-3-4-11(17)12(18)7-9/h3-4,7,10,13H,2,5-6,8H2,1H3,(H,19,20)/t10-,13-,16?/m0/s1. The number of halogens is 2. The second kappa shape index (κ2) is 5.74. The molecule has 2 fully saturated rings. The highest BCUT2D eigenvalue weighted by molar-refractivity contribution is 6.42. The number of hydrogen-bond acceptors (Lipinski definition) is 3. The van der Waals surface area contributed by atoms with Crippen molar-refractivity contribution in [2.24, 2.45) is 5.92 Å². The first-order chi connectivity index (χ1) is 10.5. The molecule has 2 bridgehead atoms. The zero-order valence-corrected chi connectivity index (χ0v) is 13.7. The van der Waals surface area contributed by atoms with Crippen LogP contribution in [-0.4, -0.2) is 24.5 Å². The van der Waals surface area contributed by atoms with E-state index in [1.807, 2.05) is 6.07 Å². The van der Waals surface area contributed by atoms with Crippen molar-refractivity contribution < 1.29 is 14.3 Å². The third-order valence-electron chi connectivity index (χ3n) is 4.73. The average Bonchev–Trinajstić information content (AvgIpc) is 2.81. The molecule has 1 heterocycles. The molecule has 1 amide bonds. The molecule has 3 atom stereocenters. The normalized spacial score (nSPS) is 30.0. The molecule has 1 aromatic carbocycles. The van der Waals surface area contributed by atoms with Gasteiger partial charge in [-0.2, -0.15) is 0 Å². The summed E-state index contributed by atoms with van der Waals surface area (Å²) in [5.74, 6) is -1.55. The number of fused-ring (bicyclic) bond motifs is 2. The van der Waals surface area contributed by atoms with Crippen molar-refractivity contribution in [3.8, 4) is 0 Å². The molecule has 6 heteroatoms.